The number of carbonyl (C=O) groups is 1. The van der Waals surface area contributed by atoms with Crippen LogP contribution in [-0.4, -0.2) is 37.0 Å². The summed E-state index contributed by atoms with van der Waals surface area (Å²) in [7, 11) is 0. The lowest BCUT2D eigenvalue weighted by atomic mass is 10.1. The van der Waals surface area contributed by atoms with Crippen molar-refractivity contribution in [3.05, 3.63) is 35.9 Å². The topological polar surface area (TPSA) is 32.3 Å². The number of unbranched alkanes of at least 4 members (excludes halogenated alkanes) is 1. The first-order chi connectivity index (χ1) is 9.77. The van der Waals surface area contributed by atoms with Crippen LogP contribution in [0, 0.1) is 0 Å². The van der Waals surface area contributed by atoms with Crippen molar-refractivity contribution in [1.82, 2.24) is 10.2 Å². The van der Waals surface area contributed by atoms with Crippen molar-refractivity contribution in [2.75, 3.05) is 26.2 Å². The van der Waals surface area contributed by atoms with E-state index in [-0.39, 0.29) is 5.91 Å². The number of rotatable bonds is 10. The van der Waals surface area contributed by atoms with E-state index >= 15 is 0 Å². The van der Waals surface area contributed by atoms with Crippen LogP contribution < -0.4 is 5.32 Å². The Morgan fingerprint density at radius 1 is 1.05 bits per heavy atom. The van der Waals surface area contributed by atoms with E-state index in [2.05, 4.69) is 35.6 Å². The molecule has 0 fully saturated rings. The van der Waals surface area contributed by atoms with Gasteiger partial charge in [-0.3, -0.25) is 4.79 Å². The lowest BCUT2D eigenvalue weighted by Crippen LogP contribution is -2.33. The molecule has 0 unspecified atom stereocenters. The molecule has 0 heterocycles. The summed E-state index contributed by atoms with van der Waals surface area (Å²) >= 11 is 0. The minimum Gasteiger partial charge on any atom is -0.343 e. The van der Waals surface area contributed by atoms with E-state index in [1.54, 1.807) is 0 Å². The molecule has 3 nitrogen and oxygen atoms in total. The number of aryl methyl sites for hydroxylation is 1. The van der Waals surface area contributed by atoms with Crippen LogP contribution in [0.1, 0.15) is 38.7 Å². The zero-order valence-corrected chi connectivity index (χ0v) is 12.9. The highest BCUT2D eigenvalue weighted by Crippen LogP contribution is 2.03. The SMILES string of the molecule is CCN(CC)C(=O)CCNCCCCc1ccccc1. The Hall–Kier alpha value is -1.35. The standard InChI is InChI=1S/C17H28N2O/c1-3-19(4-2)17(20)13-15-18-14-9-8-12-16-10-6-5-7-11-16/h5-7,10-11,18H,3-4,8-9,12-15H2,1-2H3. The summed E-state index contributed by atoms with van der Waals surface area (Å²) in [6.07, 6.45) is 4.11. The third-order valence-corrected chi connectivity index (χ3v) is 3.54. The number of amides is 1. The van der Waals surface area contributed by atoms with Crippen molar-refractivity contribution >= 4 is 5.91 Å². The predicted molar refractivity (Wildman–Crippen MR) is 84.8 cm³/mol. The van der Waals surface area contributed by atoms with E-state index < -0.39 is 0 Å². The van der Waals surface area contributed by atoms with Crippen LogP contribution >= 0.6 is 0 Å². The quantitative estimate of drug-likeness (QED) is 0.666. The second-order valence-electron chi connectivity index (χ2n) is 5.01. The smallest absolute Gasteiger partial charge is 0.223 e. The fourth-order valence-electron chi connectivity index (χ4n) is 2.28. The van der Waals surface area contributed by atoms with Gasteiger partial charge in [-0.1, -0.05) is 30.3 Å². The maximum atomic E-state index is 11.8. The van der Waals surface area contributed by atoms with E-state index in [1.165, 1.54) is 12.0 Å². The fraction of sp³-hybridized carbons (Fsp3) is 0.588. The highest BCUT2D eigenvalue weighted by Gasteiger charge is 2.07. The molecule has 0 aromatic heterocycles. The first-order valence-corrected chi connectivity index (χ1v) is 7.80. The summed E-state index contributed by atoms with van der Waals surface area (Å²) in [6, 6.07) is 10.6. The number of hydrogen-bond donors (Lipinski definition) is 1. The van der Waals surface area contributed by atoms with Crippen LogP contribution in [0.4, 0.5) is 0 Å². The van der Waals surface area contributed by atoms with Gasteiger partial charge in [0.1, 0.15) is 0 Å². The van der Waals surface area contributed by atoms with E-state index in [0.717, 1.165) is 39.0 Å². The van der Waals surface area contributed by atoms with Crippen molar-refractivity contribution in [1.29, 1.82) is 0 Å². The van der Waals surface area contributed by atoms with Gasteiger partial charge in [0.2, 0.25) is 5.91 Å². The summed E-state index contributed by atoms with van der Waals surface area (Å²) in [6.45, 7) is 7.47. The average Bonchev–Trinajstić information content (AvgIpc) is 2.48. The zero-order chi connectivity index (χ0) is 14.6. The highest BCUT2D eigenvalue weighted by atomic mass is 16.2. The molecular formula is C17H28N2O. The van der Waals surface area contributed by atoms with E-state index in [1.807, 2.05) is 18.7 Å². The van der Waals surface area contributed by atoms with Crippen LogP contribution in [-0.2, 0) is 11.2 Å². The molecular weight excluding hydrogens is 248 g/mol. The van der Waals surface area contributed by atoms with Crippen LogP contribution in [0.2, 0.25) is 0 Å². The fourth-order valence-corrected chi connectivity index (χ4v) is 2.28. The molecule has 1 N–H and O–H groups in total. The van der Waals surface area contributed by atoms with E-state index in [9.17, 15) is 4.79 Å². The maximum Gasteiger partial charge on any atom is 0.223 e. The van der Waals surface area contributed by atoms with Gasteiger partial charge in [0.05, 0.1) is 0 Å². The van der Waals surface area contributed by atoms with Gasteiger partial charge in [0.15, 0.2) is 0 Å². The summed E-state index contributed by atoms with van der Waals surface area (Å²) in [5.41, 5.74) is 1.41. The molecule has 0 atom stereocenters. The van der Waals surface area contributed by atoms with Gasteiger partial charge in [-0.15, -0.1) is 0 Å². The van der Waals surface area contributed by atoms with Gasteiger partial charge < -0.3 is 10.2 Å². The monoisotopic (exact) mass is 276 g/mol. The lowest BCUT2D eigenvalue weighted by Gasteiger charge is -2.18. The Morgan fingerprint density at radius 3 is 2.40 bits per heavy atom. The summed E-state index contributed by atoms with van der Waals surface area (Å²) in [5.74, 6) is 0.256. The van der Waals surface area contributed by atoms with Gasteiger partial charge in [-0.25, -0.2) is 0 Å². The lowest BCUT2D eigenvalue weighted by molar-refractivity contribution is -0.130. The molecule has 1 aromatic carbocycles. The first-order valence-electron chi connectivity index (χ1n) is 7.80. The Balaban J connectivity index is 1.98. The molecule has 0 spiro atoms. The predicted octanol–water partition coefficient (Wildman–Crippen LogP) is 2.86. The van der Waals surface area contributed by atoms with Crippen molar-refractivity contribution in [2.45, 2.75) is 39.5 Å². The number of hydrogen-bond acceptors (Lipinski definition) is 2. The molecule has 1 amide bonds. The van der Waals surface area contributed by atoms with Gasteiger partial charge in [-0.2, -0.15) is 0 Å². The molecule has 1 rings (SSSR count). The number of benzene rings is 1. The maximum absolute atomic E-state index is 11.8. The molecule has 3 heteroatoms. The van der Waals surface area contributed by atoms with E-state index in [4.69, 9.17) is 0 Å². The van der Waals surface area contributed by atoms with E-state index in [0.29, 0.717) is 6.42 Å². The van der Waals surface area contributed by atoms with Crippen molar-refractivity contribution < 1.29 is 4.79 Å². The molecule has 0 saturated carbocycles. The van der Waals surface area contributed by atoms with Crippen LogP contribution in [0.25, 0.3) is 0 Å². The minimum atomic E-state index is 0.256. The highest BCUT2D eigenvalue weighted by molar-refractivity contribution is 5.76. The molecule has 0 saturated heterocycles. The Bertz CT molecular complexity index is 361. The summed E-state index contributed by atoms with van der Waals surface area (Å²) < 4.78 is 0. The molecule has 0 radical (unpaired) electrons. The third kappa shape index (κ3) is 6.71. The minimum absolute atomic E-state index is 0.256. The van der Waals surface area contributed by atoms with Gasteiger partial charge in [0, 0.05) is 26.1 Å². The molecule has 20 heavy (non-hydrogen) atoms. The first kappa shape index (κ1) is 16.7. The summed E-state index contributed by atoms with van der Waals surface area (Å²) in [4.78, 5) is 13.7. The Labute approximate surface area is 123 Å². The normalized spacial score (nSPS) is 10.5. The molecule has 0 aliphatic rings. The largest absolute Gasteiger partial charge is 0.343 e. The van der Waals surface area contributed by atoms with Crippen LogP contribution in [0.5, 0.6) is 0 Å². The second kappa shape index (κ2) is 10.4. The van der Waals surface area contributed by atoms with Crippen molar-refractivity contribution in [2.24, 2.45) is 0 Å². The zero-order valence-electron chi connectivity index (χ0n) is 12.9. The summed E-state index contributed by atoms with van der Waals surface area (Å²) in [5, 5.41) is 3.36. The third-order valence-electron chi connectivity index (χ3n) is 3.54. The number of carbonyl (C=O) groups excluding carboxylic acids is 1. The Morgan fingerprint density at radius 2 is 1.75 bits per heavy atom. The van der Waals surface area contributed by atoms with Crippen LogP contribution in [0.15, 0.2) is 30.3 Å². The molecule has 0 aliphatic carbocycles. The second-order valence-corrected chi connectivity index (χ2v) is 5.01. The van der Waals surface area contributed by atoms with Crippen molar-refractivity contribution in [3.8, 4) is 0 Å². The van der Waals surface area contributed by atoms with Crippen molar-refractivity contribution in [3.63, 3.8) is 0 Å². The van der Waals surface area contributed by atoms with Gasteiger partial charge in [0.25, 0.3) is 0 Å². The molecule has 0 bridgehead atoms. The average molecular weight is 276 g/mol. The van der Waals surface area contributed by atoms with Gasteiger partial charge >= 0.3 is 0 Å². The molecule has 0 aliphatic heterocycles. The van der Waals surface area contributed by atoms with Gasteiger partial charge in [-0.05, 0) is 45.2 Å². The molecule has 112 valence electrons. The molecule has 1 aromatic rings. The number of nitrogens with zero attached hydrogens (tertiary/aromatic N) is 1. The van der Waals surface area contributed by atoms with Crippen LogP contribution in [0.3, 0.4) is 0 Å². The Kier molecular flexibility index (Phi) is 8.72. The number of nitrogens with one attached hydrogen (secondary N) is 1.